The first-order valence-electron chi connectivity index (χ1n) is 10.1. The molecule has 3 aliphatic rings. The van der Waals surface area contributed by atoms with Crippen molar-refractivity contribution in [2.45, 2.75) is 30.6 Å². The van der Waals surface area contributed by atoms with E-state index in [0.29, 0.717) is 0 Å². The highest BCUT2D eigenvalue weighted by molar-refractivity contribution is 6.32. The Bertz CT molecular complexity index is 1200. The molecule has 1 saturated carbocycles. The van der Waals surface area contributed by atoms with Crippen LogP contribution in [0.25, 0.3) is 5.76 Å². The molecule has 5 atom stereocenters. The van der Waals surface area contributed by atoms with E-state index >= 15 is 0 Å². The first kappa shape index (κ1) is 23.2. The number of phenolic OH excluding ortho intramolecular Hbond substituents is 1. The second-order valence-electron chi connectivity index (χ2n) is 9.08. The predicted octanol–water partition coefficient (Wildman–Crippen LogP) is 0.282. The van der Waals surface area contributed by atoms with Crippen LogP contribution in [-0.2, 0) is 20.0 Å². The Morgan fingerprint density at radius 1 is 1.18 bits per heavy atom. The second-order valence-corrected chi connectivity index (χ2v) is 9.48. The van der Waals surface area contributed by atoms with E-state index in [0.717, 1.165) is 0 Å². The van der Waals surface area contributed by atoms with E-state index in [2.05, 4.69) is 0 Å². The quantitative estimate of drug-likeness (QED) is 0.325. The number of rotatable bonds is 2. The van der Waals surface area contributed by atoms with Crippen LogP contribution in [-0.4, -0.2) is 73.6 Å². The molecule has 0 heterocycles. The molecule has 0 spiro atoms. The van der Waals surface area contributed by atoms with Gasteiger partial charge in [0.05, 0.1) is 17.2 Å². The summed E-state index contributed by atoms with van der Waals surface area (Å²) in [6, 6.07) is 1.24. The van der Waals surface area contributed by atoms with Gasteiger partial charge in [0.15, 0.2) is 11.4 Å². The molecule has 0 radical (unpaired) electrons. The number of fused-ring (bicyclic) bond motifs is 3. The normalized spacial score (nSPS) is 33.7. The standard InChI is InChI=1S/C22H23ClN2O8/c1-21(32)7-6-8-15(25(2)3)17(28)13(20(24)31)19(30)22(8,33)18(29)11(7)16(27)12-10(26)5-4-9(23)14(12)21/h4-5,7-8,15,26-27,30,32-33H,6H2,1-3H3,(H2,24,31)/t7-,8+,15-,21+,22+/m0/s1. The molecule has 176 valence electrons. The molecule has 0 aromatic heterocycles. The summed E-state index contributed by atoms with van der Waals surface area (Å²) < 4.78 is 0. The average molecular weight is 479 g/mol. The van der Waals surface area contributed by atoms with Gasteiger partial charge in [0.1, 0.15) is 22.8 Å². The molecule has 1 aromatic carbocycles. The number of phenols is 1. The van der Waals surface area contributed by atoms with Crippen molar-refractivity contribution < 1.29 is 39.9 Å². The zero-order valence-electron chi connectivity index (χ0n) is 18.0. The molecule has 0 saturated heterocycles. The van der Waals surface area contributed by atoms with Gasteiger partial charge < -0.3 is 31.3 Å². The highest BCUT2D eigenvalue weighted by Gasteiger charge is 2.66. The SMILES string of the molecule is CN(C)[C@@H]1C(=O)C(C(N)=O)=C(O)[C@]2(O)C(=O)C3=C(O)c4c(O)ccc(Cl)c4[C@](C)(O)[C@H]3C[C@H]12. The number of benzene rings is 1. The van der Waals surface area contributed by atoms with Gasteiger partial charge in [-0.15, -0.1) is 0 Å². The number of ketones is 2. The number of aliphatic hydroxyl groups is 4. The number of nitrogens with two attached hydrogens (primary N) is 1. The Kier molecular flexibility index (Phi) is 4.96. The van der Waals surface area contributed by atoms with Gasteiger partial charge in [-0.1, -0.05) is 11.6 Å². The minimum Gasteiger partial charge on any atom is -0.508 e. The number of carbonyl (C=O) groups excluding carboxylic acids is 3. The molecule has 0 bridgehead atoms. The maximum Gasteiger partial charge on any atom is 0.255 e. The first-order chi connectivity index (χ1) is 15.2. The monoisotopic (exact) mass is 478 g/mol. The summed E-state index contributed by atoms with van der Waals surface area (Å²) >= 11 is 6.28. The number of aromatic hydroxyl groups is 1. The lowest BCUT2D eigenvalue weighted by Gasteiger charge is -2.53. The maximum absolute atomic E-state index is 13.7. The van der Waals surface area contributed by atoms with Crippen LogP contribution in [0.3, 0.4) is 0 Å². The number of likely N-dealkylation sites (N-methyl/N-ethyl adjacent to an activating group) is 1. The van der Waals surface area contributed by atoms with Crippen LogP contribution in [0.1, 0.15) is 24.5 Å². The van der Waals surface area contributed by atoms with Gasteiger partial charge in [-0.05, 0) is 39.6 Å². The van der Waals surface area contributed by atoms with Crippen LogP contribution in [0.15, 0.2) is 29.0 Å². The van der Waals surface area contributed by atoms with Crippen LogP contribution in [0.4, 0.5) is 0 Å². The van der Waals surface area contributed by atoms with E-state index in [-0.39, 0.29) is 22.6 Å². The van der Waals surface area contributed by atoms with Gasteiger partial charge in [0.25, 0.3) is 5.91 Å². The number of Topliss-reactive ketones (excluding diaryl/α,β-unsaturated/α-hetero) is 2. The number of hydrogen-bond acceptors (Lipinski definition) is 9. The molecule has 7 N–H and O–H groups in total. The van der Waals surface area contributed by atoms with Crippen LogP contribution in [0, 0.1) is 11.8 Å². The van der Waals surface area contributed by atoms with Gasteiger partial charge >= 0.3 is 0 Å². The fraction of sp³-hybridized carbons (Fsp3) is 0.409. The first-order valence-corrected chi connectivity index (χ1v) is 10.5. The van der Waals surface area contributed by atoms with Gasteiger partial charge in [-0.25, -0.2) is 0 Å². The molecule has 1 aromatic rings. The Morgan fingerprint density at radius 3 is 2.33 bits per heavy atom. The Labute approximate surface area is 193 Å². The topological polar surface area (TPSA) is 182 Å². The maximum atomic E-state index is 13.7. The fourth-order valence-electron chi connectivity index (χ4n) is 5.58. The van der Waals surface area contributed by atoms with Crippen molar-refractivity contribution in [3.05, 3.63) is 45.2 Å². The van der Waals surface area contributed by atoms with Crippen LogP contribution in [0.5, 0.6) is 5.75 Å². The zero-order chi connectivity index (χ0) is 24.8. The summed E-state index contributed by atoms with van der Waals surface area (Å²) in [6.45, 7) is 1.34. The average Bonchev–Trinajstić information content (AvgIpc) is 2.69. The number of aliphatic hydroxyl groups excluding tert-OH is 2. The second kappa shape index (κ2) is 7.04. The molecule has 1 fully saturated rings. The molecule has 11 heteroatoms. The molecular weight excluding hydrogens is 456 g/mol. The van der Waals surface area contributed by atoms with Crippen LogP contribution in [0.2, 0.25) is 5.02 Å². The lowest BCUT2D eigenvalue weighted by atomic mass is 9.54. The molecule has 4 rings (SSSR count). The number of primary amides is 1. The van der Waals surface area contributed by atoms with Crippen molar-refractivity contribution >= 4 is 34.8 Å². The number of amides is 1. The third-order valence-corrected chi connectivity index (χ3v) is 7.39. The smallest absolute Gasteiger partial charge is 0.255 e. The number of carbonyl (C=O) groups is 3. The van der Waals surface area contributed by atoms with Crippen molar-refractivity contribution in [3.8, 4) is 5.75 Å². The highest BCUT2D eigenvalue weighted by atomic mass is 35.5. The summed E-state index contributed by atoms with van der Waals surface area (Å²) in [7, 11) is 2.97. The fourth-order valence-corrected chi connectivity index (χ4v) is 5.93. The van der Waals surface area contributed by atoms with E-state index in [4.69, 9.17) is 17.3 Å². The van der Waals surface area contributed by atoms with Gasteiger partial charge in [-0.3, -0.25) is 19.3 Å². The minimum atomic E-state index is -2.78. The largest absolute Gasteiger partial charge is 0.508 e. The summed E-state index contributed by atoms with van der Waals surface area (Å²) in [5.41, 5.74) is -1.10. The van der Waals surface area contributed by atoms with E-state index in [1.165, 1.54) is 38.1 Å². The van der Waals surface area contributed by atoms with Crippen molar-refractivity contribution in [2.24, 2.45) is 17.6 Å². The predicted molar refractivity (Wildman–Crippen MR) is 115 cm³/mol. The summed E-state index contributed by atoms with van der Waals surface area (Å²) in [5, 5.41) is 55.2. The van der Waals surface area contributed by atoms with Crippen molar-refractivity contribution in [2.75, 3.05) is 14.1 Å². The Balaban J connectivity index is 2.07. The summed E-state index contributed by atoms with van der Waals surface area (Å²) in [6.07, 6.45) is -0.259. The Hall–Kier alpha value is -2.92. The van der Waals surface area contributed by atoms with E-state index in [9.17, 15) is 39.9 Å². The van der Waals surface area contributed by atoms with E-state index < -0.39 is 75.0 Å². The molecule has 3 aliphatic carbocycles. The Morgan fingerprint density at radius 2 is 1.79 bits per heavy atom. The third kappa shape index (κ3) is 2.75. The summed E-state index contributed by atoms with van der Waals surface area (Å²) in [4.78, 5) is 40.1. The molecule has 1 amide bonds. The molecular formula is C22H23ClN2O8. The number of halogens is 1. The van der Waals surface area contributed by atoms with Gasteiger partial charge in [0, 0.05) is 28.0 Å². The molecule has 10 nitrogen and oxygen atoms in total. The van der Waals surface area contributed by atoms with E-state index in [1.807, 2.05) is 0 Å². The molecule has 0 aliphatic heterocycles. The number of nitrogens with zero attached hydrogens (tertiary/aromatic N) is 1. The third-order valence-electron chi connectivity index (χ3n) is 7.07. The minimum absolute atomic E-state index is 0.0187. The van der Waals surface area contributed by atoms with Crippen molar-refractivity contribution in [1.29, 1.82) is 0 Å². The lowest BCUT2D eigenvalue weighted by Crippen LogP contribution is -2.67. The van der Waals surface area contributed by atoms with Crippen LogP contribution < -0.4 is 5.73 Å². The van der Waals surface area contributed by atoms with Crippen LogP contribution >= 0.6 is 11.6 Å². The van der Waals surface area contributed by atoms with Crippen molar-refractivity contribution in [3.63, 3.8) is 0 Å². The molecule has 33 heavy (non-hydrogen) atoms. The molecule has 0 unspecified atom stereocenters. The zero-order valence-corrected chi connectivity index (χ0v) is 18.7. The van der Waals surface area contributed by atoms with Gasteiger partial charge in [0.2, 0.25) is 5.78 Å². The van der Waals surface area contributed by atoms with Crippen molar-refractivity contribution in [1.82, 2.24) is 4.90 Å². The van der Waals surface area contributed by atoms with Gasteiger partial charge in [-0.2, -0.15) is 0 Å². The number of hydrogen-bond donors (Lipinski definition) is 6. The summed E-state index contributed by atoms with van der Waals surface area (Å²) in [5.74, 6) is -8.30. The highest BCUT2D eigenvalue weighted by Crippen LogP contribution is 2.58. The van der Waals surface area contributed by atoms with E-state index in [1.54, 1.807) is 0 Å². The lowest BCUT2D eigenvalue weighted by molar-refractivity contribution is -0.159.